The highest BCUT2D eigenvalue weighted by atomic mass is 16.2. The first-order valence-corrected chi connectivity index (χ1v) is 7.00. The van der Waals surface area contributed by atoms with E-state index in [9.17, 15) is 4.79 Å². The van der Waals surface area contributed by atoms with Crippen molar-refractivity contribution in [2.24, 2.45) is 0 Å². The molecule has 1 heterocycles. The van der Waals surface area contributed by atoms with Crippen molar-refractivity contribution in [1.29, 1.82) is 0 Å². The van der Waals surface area contributed by atoms with E-state index in [0.717, 1.165) is 19.4 Å². The Labute approximate surface area is 125 Å². The number of anilines is 1. The van der Waals surface area contributed by atoms with Gasteiger partial charge in [0.15, 0.2) is 5.69 Å². The Morgan fingerprint density at radius 3 is 2.48 bits per heavy atom. The Balaban J connectivity index is 1.77. The first-order valence-electron chi connectivity index (χ1n) is 7.00. The summed E-state index contributed by atoms with van der Waals surface area (Å²) in [5, 5.41) is 11.2. The zero-order valence-corrected chi connectivity index (χ0v) is 12.4. The monoisotopic (exact) mass is 284 g/mol. The number of carbonyl (C=O) groups is 1. The maximum absolute atomic E-state index is 11.7. The van der Waals surface area contributed by atoms with E-state index < -0.39 is 0 Å². The van der Waals surface area contributed by atoms with E-state index in [1.165, 1.54) is 10.5 Å². The maximum atomic E-state index is 11.7. The summed E-state index contributed by atoms with van der Waals surface area (Å²) in [6.45, 7) is 0.824. The number of hydrogen-bond donors (Lipinski definition) is 1. The normalized spacial score (nSPS) is 10.2. The Morgan fingerprint density at radius 1 is 1.10 bits per heavy atom. The summed E-state index contributed by atoms with van der Waals surface area (Å²) in [5.41, 5.74) is 1.69. The molecule has 1 N–H and O–H groups in total. The lowest BCUT2D eigenvalue weighted by Gasteiger charge is -2.09. The van der Waals surface area contributed by atoms with Crippen LogP contribution >= 0.6 is 0 Å². The zero-order chi connectivity index (χ0) is 15.1. The molecule has 0 atom stereocenters. The average Bonchev–Trinajstić information content (AvgIpc) is 2.52. The minimum absolute atomic E-state index is 0.141. The Morgan fingerprint density at radius 2 is 1.86 bits per heavy atom. The Kier molecular flexibility index (Phi) is 5.26. The van der Waals surface area contributed by atoms with Crippen LogP contribution in [0.15, 0.2) is 42.5 Å². The first kappa shape index (κ1) is 15.0. The summed E-state index contributed by atoms with van der Waals surface area (Å²) in [4.78, 5) is 13.2. The molecule has 5 heteroatoms. The molecule has 21 heavy (non-hydrogen) atoms. The largest absolute Gasteiger partial charge is 0.369 e. The molecule has 5 nitrogen and oxygen atoms in total. The number of amides is 1. The van der Waals surface area contributed by atoms with Crippen LogP contribution in [0.25, 0.3) is 0 Å². The highest BCUT2D eigenvalue weighted by molar-refractivity contribution is 5.91. The number of hydrogen-bond acceptors (Lipinski definition) is 4. The third kappa shape index (κ3) is 4.56. The molecular weight excluding hydrogens is 264 g/mol. The van der Waals surface area contributed by atoms with Crippen molar-refractivity contribution in [2.75, 3.05) is 26.0 Å². The third-order valence-corrected chi connectivity index (χ3v) is 3.08. The fourth-order valence-corrected chi connectivity index (χ4v) is 1.92. The van der Waals surface area contributed by atoms with E-state index in [-0.39, 0.29) is 5.91 Å². The predicted octanol–water partition coefficient (Wildman–Crippen LogP) is 2.22. The van der Waals surface area contributed by atoms with Crippen LogP contribution in [-0.4, -0.2) is 41.6 Å². The van der Waals surface area contributed by atoms with E-state index in [2.05, 4.69) is 39.8 Å². The molecule has 0 aliphatic heterocycles. The summed E-state index contributed by atoms with van der Waals surface area (Å²) in [7, 11) is 3.39. The SMILES string of the molecule is CN(C)C(=O)c1ccc(NCCCc2ccccc2)nn1. The van der Waals surface area contributed by atoms with Crippen LogP contribution in [0.3, 0.4) is 0 Å². The number of aryl methyl sites for hydroxylation is 1. The van der Waals surface area contributed by atoms with Gasteiger partial charge >= 0.3 is 0 Å². The summed E-state index contributed by atoms with van der Waals surface area (Å²) >= 11 is 0. The summed E-state index contributed by atoms with van der Waals surface area (Å²) in [6.07, 6.45) is 2.04. The minimum Gasteiger partial charge on any atom is -0.369 e. The lowest BCUT2D eigenvalue weighted by molar-refractivity contribution is 0.0821. The second-order valence-corrected chi connectivity index (χ2v) is 5.02. The standard InChI is InChI=1S/C16H20N4O/c1-20(2)16(21)14-10-11-15(19-18-14)17-12-6-9-13-7-4-3-5-8-13/h3-5,7-8,10-11H,6,9,12H2,1-2H3,(H,17,19). The fraction of sp³-hybridized carbons (Fsp3) is 0.312. The van der Waals surface area contributed by atoms with Gasteiger partial charge in [-0.3, -0.25) is 4.79 Å². The molecule has 1 amide bonds. The zero-order valence-electron chi connectivity index (χ0n) is 12.4. The summed E-state index contributed by atoms with van der Waals surface area (Å²) < 4.78 is 0. The van der Waals surface area contributed by atoms with Crippen LogP contribution in [0.2, 0.25) is 0 Å². The number of aromatic nitrogens is 2. The first-order chi connectivity index (χ1) is 10.2. The van der Waals surface area contributed by atoms with Gasteiger partial charge < -0.3 is 10.2 Å². The van der Waals surface area contributed by atoms with Crippen LogP contribution < -0.4 is 5.32 Å². The van der Waals surface area contributed by atoms with Gasteiger partial charge in [0.1, 0.15) is 5.82 Å². The van der Waals surface area contributed by atoms with Gasteiger partial charge in [0.05, 0.1) is 0 Å². The maximum Gasteiger partial charge on any atom is 0.273 e. The molecule has 0 aliphatic carbocycles. The van der Waals surface area contributed by atoms with Crippen molar-refractivity contribution in [3.05, 3.63) is 53.7 Å². The number of rotatable bonds is 6. The van der Waals surface area contributed by atoms with Crippen molar-refractivity contribution in [3.8, 4) is 0 Å². The number of nitrogens with zero attached hydrogens (tertiary/aromatic N) is 3. The van der Waals surface area contributed by atoms with Gasteiger partial charge in [-0.1, -0.05) is 30.3 Å². The lowest BCUT2D eigenvalue weighted by atomic mass is 10.1. The number of benzene rings is 1. The van der Waals surface area contributed by atoms with Gasteiger partial charge in [-0.25, -0.2) is 0 Å². The van der Waals surface area contributed by atoms with Crippen molar-refractivity contribution in [3.63, 3.8) is 0 Å². The van der Waals surface area contributed by atoms with E-state index in [1.807, 2.05) is 6.07 Å². The van der Waals surface area contributed by atoms with Gasteiger partial charge in [0, 0.05) is 20.6 Å². The van der Waals surface area contributed by atoms with Gasteiger partial charge in [0.25, 0.3) is 5.91 Å². The van der Waals surface area contributed by atoms with E-state index >= 15 is 0 Å². The van der Waals surface area contributed by atoms with Crippen molar-refractivity contribution in [2.45, 2.75) is 12.8 Å². The quantitative estimate of drug-likeness (QED) is 0.826. The second kappa shape index (κ2) is 7.38. The highest BCUT2D eigenvalue weighted by Crippen LogP contribution is 2.06. The molecule has 0 spiro atoms. The molecule has 0 bridgehead atoms. The van der Waals surface area contributed by atoms with Crippen LogP contribution in [0.5, 0.6) is 0 Å². The molecule has 2 aromatic rings. The van der Waals surface area contributed by atoms with Crippen molar-refractivity contribution < 1.29 is 4.79 Å². The van der Waals surface area contributed by atoms with Crippen LogP contribution in [0.1, 0.15) is 22.5 Å². The molecular formula is C16H20N4O. The smallest absolute Gasteiger partial charge is 0.273 e. The molecule has 0 aliphatic rings. The molecule has 0 unspecified atom stereocenters. The van der Waals surface area contributed by atoms with Gasteiger partial charge in [0.2, 0.25) is 0 Å². The number of nitrogens with one attached hydrogen (secondary N) is 1. The molecule has 0 radical (unpaired) electrons. The van der Waals surface area contributed by atoms with E-state index in [1.54, 1.807) is 26.2 Å². The van der Waals surface area contributed by atoms with Crippen LogP contribution in [-0.2, 0) is 6.42 Å². The summed E-state index contributed by atoms with van der Waals surface area (Å²) in [5.74, 6) is 0.552. The highest BCUT2D eigenvalue weighted by Gasteiger charge is 2.09. The third-order valence-electron chi connectivity index (χ3n) is 3.08. The van der Waals surface area contributed by atoms with E-state index in [0.29, 0.717) is 11.5 Å². The topological polar surface area (TPSA) is 58.1 Å². The van der Waals surface area contributed by atoms with Gasteiger partial charge in [-0.15, -0.1) is 10.2 Å². The molecule has 0 fully saturated rings. The van der Waals surface area contributed by atoms with Crippen LogP contribution in [0, 0.1) is 0 Å². The minimum atomic E-state index is -0.141. The molecule has 0 saturated heterocycles. The second-order valence-electron chi connectivity index (χ2n) is 5.02. The van der Waals surface area contributed by atoms with Crippen molar-refractivity contribution in [1.82, 2.24) is 15.1 Å². The Bertz CT molecular complexity index is 567. The van der Waals surface area contributed by atoms with E-state index in [4.69, 9.17) is 0 Å². The summed E-state index contributed by atoms with van der Waals surface area (Å²) in [6, 6.07) is 13.8. The molecule has 2 rings (SSSR count). The van der Waals surface area contributed by atoms with Gasteiger partial charge in [-0.2, -0.15) is 0 Å². The molecule has 0 saturated carbocycles. The van der Waals surface area contributed by atoms with Gasteiger partial charge in [-0.05, 0) is 30.5 Å². The number of carbonyl (C=O) groups excluding carboxylic acids is 1. The molecule has 1 aromatic carbocycles. The van der Waals surface area contributed by atoms with Crippen molar-refractivity contribution >= 4 is 11.7 Å². The molecule has 1 aromatic heterocycles. The molecule has 110 valence electrons. The average molecular weight is 284 g/mol. The van der Waals surface area contributed by atoms with Crippen LogP contribution in [0.4, 0.5) is 5.82 Å². The predicted molar refractivity (Wildman–Crippen MR) is 83.3 cm³/mol. The fourth-order valence-electron chi connectivity index (χ4n) is 1.92. The Hall–Kier alpha value is -2.43. The lowest BCUT2D eigenvalue weighted by Crippen LogP contribution is -2.23.